The van der Waals surface area contributed by atoms with Crippen molar-refractivity contribution in [1.29, 1.82) is 0 Å². The van der Waals surface area contributed by atoms with E-state index in [1.165, 1.54) is 5.56 Å². The van der Waals surface area contributed by atoms with Gasteiger partial charge < -0.3 is 14.2 Å². The van der Waals surface area contributed by atoms with Gasteiger partial charge in [0.15, 0.2) is 0 Å². The molecule has 0 aliphatic heterocycles. The maximum atomic E-state index is 13.4. The monoisotopic (exact) mass is 424 g/mol. The number of hydrogen-bond acceptors (Lipinski definition) is 3. The molecule has 0 spiro atoms. The van der Waals surface area contributed by atoms with Crippen molar-refractivity contribution in [1.82, 2.24) is 9.80 Å². The number of aryl methyl sites for hydroxylation is 1. The van der Waals surface area contributed by atoms with Crippen LogP contribution in [0.5, 0.6) is 0 Å². The van der Waals surface area contributed by atoms with E-state index in [4.69, 9.17) is 4.42 Å². The zero-order chi connectivity index (χ0) is 22.1. The predicted molar refractivity (Wildman–Crippen MR) is 122 cm³/mol. The van der Waals surface area contributed by atoms with E-state index in [2.05, 4.69) is 19.1 Å². The highest BCUT2D eigenvalue weighted by atomic mass is 16.3. The van der Waals surface area contributed by atoms with Crippen LogP contribution in [0.3, 0.4) is 0 Å². The Morgan fingerprint density at radius 2 is 1.74 bits per heavy atom. The summed E-state index contributed by atoms with van der Waals surface area (Å²) in [4.78, 5) is 30.1. The number of amides is 2. The van der Waals surface area contributed by atoms with Crippen LogP contribution < -0.4 is 0 Å². The van der Waals surface area contributed by atoms with Crippen LogP contribution in [0, 0.1) is 12.8 Å². The van der Waals surface area contributed by atoms with Gasteiger partial charge in [0, 0.05) is 19.0 Å². The highest BCUT2D eigenvalue weighted by Gasteiger charge is 2.29. The van der Waals surface area contributed by atoms with E-state index in [9.17, 15) is 9.59 Å². The summed E-state index contributed by atoms with van der Waals surface area (Å²) in [6, 6.07) is 14.0. The molecule has 0 atom stereocenters. The number of benzene rings is 1. The summed E-state index contributed by atoms with van der Waals surface area (Å²) < 4.78 is 5.74. The maximum Gasteiger partial charge on any atom is 0.242 e. The Balaban J connectivity index is 1.69. The highest BCUT2D eigenvalue weighted by Crippen LogP contribution is 2.27. The molecule has 1 fully saturated rings. The van der Waals surface area contributed by atoms with Crippen LogP contribution in [-0.4, -0.2) is 41.2 Å². The Morgan fingerprint density at radius 3 is 2.39 bits per heavy atom. The van der Waals surface area contributed by atoms with Gasteiger partial charge in [-0.3, -0.25) is 9.59 Å². The van der Waals surface area contributed by atoms with Gasteiger partial charge in [0.25, 0.3) is 0 Å². The second-order valence-electron chi connectivity index (χ2n) is 8.66. The van der Waals surface area contributed by atoms with Gasteiger partial charge in [-0.25, -0.2) is 0 Å². The number of carbonyl (C=O) groups is 2. The third-order valence-corrected chi connectivity index (χ3v) is 6.13. The fourth-order valence-corrected chi connectivity index (χ4v) is 4.27. The summed E-state index contributed by atoms with van der Waals surface area (Å²) in [5.41, 5.74) is 1.20. The van der Waals surface area contributed by atoms with Crippen molar-refractivity contribution in [3.05, 3.63) is 59.5 Å². The van der Waals surface area contributed by atoms with Gasteiger partial charge in [-0.1, -0.05) is 56.5 Å². The van der Waals surface area contributed by atoms with Crippen molar-refractivity contribution in [2.75, 3.05) is 19.6 Å². The quantitative estimate of drug-likeness (QED) is 0.511. The number of unbranched alkanes of at least 4 members (excludes halogenated alkanes) is 1. The smallest absolute Gasteiger partial charge is 0.242 e. The molecule has 31 heavy (non-hydrogen) atoms. The van der Waals surface area contributed by atoms with Crippen LogP contribution in [0.1, 0.15) is 62.5 Å². The minimum atomic E-state index is -0.00701. The fraction of sp³-hybridized carbons (Fsp3) is 0.538. The predicted octanol–water partition coefficient (Wildman–Crippen LogP) is 4.98. The van der Waals surface area contributed by atoms with Crippen LogP contribution >= 0.6 is 0 Å². The molecule has 1 aromatic heterocycles. The van der Waals surface area contributed by atoms with Crippen molar-refractivity contribution in [3.8, 4) is 0 Å². The molecular formula is C26H36N2O3. The third kappa shape index (κ3) is 6.98. The number of hydrogen-bond donors (Lipinski definition) is 0. The van der Waals surface area contributed by atoms with Gasteiger partial charge in [-0.15, -0.1) is 0 Å². The minimum Gasteiger partial charge on any atom is -0.464 e. The normalized spacial score (nSPS) is 14.0. The standard InChI is InChI=1S/C26H36N2O3/c1-3-4-17-28(26(30)23-12-8-9-13-23)20-25(29)27(19-24-15-14-21(2)31-24)18-16-22-10-6-5-7-11-22/h5-7,10-11,14-15,23H,3-4,8-9,12-13,16-20H2,1-2H3. The van der Waals surface area contributed by atoms with Gasteiger partial charge in [0.05, 0.1) is 13.1 Å². The zero-order valence-electron chi connectivity index (χ0n) is 19.0. The van der Waals surface area contributed by atoms with Gasteiger partial charge >= 0.3 is 0 Å². The molecule has 0 radical (unpaired) electrons. The molecule has 5 heteroatoms. The first kappa shape index (κ1) is 23.1. The van der Waals surface area contributed by atoms with Crippen molar-refractivity contribution in [2.24, 2.45) is 5.92 Å². The molecule has 1 aliphatic carbocycles. The zero-order valence-corrected chi connectivity index (χ0v) is 19.0. The lowest BCUT2D eigenvalue weighted by molar-refractivity contribution is -0.143. The number of rotatable bonds is 11. The van der Waals surface area contributed by atoms with Crippen LogP contribution in [0.2, 0.25) is 0 Å². The first-order chi connectivity index (χ1) is 15.1. The average Bonchev–Trinajstić information content (AvgIpc) is 3.46. The van der Waals surface area contributed by atoms with E-state index in [-0.39, 0.29) is 24.3 Å². The first-order valence-corrected chi connectivity index (χ1v) is 11.7. The summed E-state index contributed by atoms with van der Waals surface area (Å²) in [5, 5.41) is 0. The molecule has 1 saturated carbocycles. The van der Waals surface area contributed by atoms with E-state index in [0.29, 0.717) is 19.6 Å². The number of furan rings is 1. The summed E-state index contributed by atoms with van der Waals surface area (Å²) in [7, 11) is 0. The van der Waals surface area contributed by atoms with Crippen molar-refractivity contribution in [2.45, 2.75) is 65.3 Å². The van der Waals surface area contributed by atoms with Crippen LogP contribution in [0.15, 0.2) is 46.9 Å². The van der Waals surface area contributed by atoms with E-state index in [1.54, 1.807) is 0 Å². The van der Waals surface area contributed by atoms with E-state index < -0.39 is 0 Å². The van der Waals surface area contributed by atoms with E-state index in [1.807, 2.05) is 47.1 Å². The topological polar surface area (TPSA) is 53.8 Å². The van der Waals surface area contributed by atoms with Gasteiger partial charge in [-0.05, 0) is 50.3 Å². The van der Waals surface area contributed by atoms with Crippen molar-refractivity contribution < 1.29 is 14.0 Å². The molecule has 0 N–H and O–H groups in total. The van der Waals surface area contributed by atoms with Gasteiger partial charge in [0.2, 0.25) is 11.8 Å². The molecule has 0 saturated heterocycles. The van der Waals surface area contributed by atoms with Crippen molar-refractivity contribution >= 4 is 11.8 Å². The van der Waals surface area contributed by atoms with Gasteiger partial charge in [0.1, 0.15) is 11.5 Å². The van der Waals surface area contributed by atoms with E-state index in [0.717, 1.165) is 56.5 Å². The lowest BCUT2D eigenvalue weighted by Gasteiger charge is -2.29. The average molecular weight is 425 g/mol. The molecule has 1 aliphatic rings. The lowest BCUT2D eigenvalue weighted by Crippen LogP contribution is -2.45. The van der Waals surface area contributed by atoms with Crippen molar-refractivity contribution in [3.63, 3.8) is 0 Å². The maximum absolute atomic E-state index is 13.4. The molecule has 1 heterocycles. The number of carbonyl (C=O) groups excluding carboxylic acids is 2. The summed E-state index contributed by atoms with van der Waals surface area (Å²) in [6.07, 6.45) is 6.86. The Morgan fingerprint density at radius 1 is 1.00 bits per heavy atom. The second kappa shape index (κ2) is 11.7. The molecule has 5 nitrogen and oxygen atoms in total. The Bertz CT molecular complexity index is 824. The molecule has 0 unspecified atom stereocenters. The van der Waals surface area contributed by atoms with Crippen LogP contribution in [-0.2, 0) is 22.6 Å². The molecular weight excluding hydrogens is 388 g/mol. The summed E-state index contributed by atoms with van der Waals surface area (Å²) in [6.45, 7) is 5.87. The SMILES string of the molecule is CCCCN(CC(=O)N(CCc1ccccc1)Cc1ccc(C)o1)C(=O)C1CCCC1. The molecule has 0 bridgehead atoms. The number of nitrogens with zero attached hydrogens (tertiary/aromatic N) is 2. The minimum absolute atomic E-state index is 0.00701. The largest absolute Gasteiger partial charge is 0.464 e. The Kier molecular flexibility index (Phi) is 8.74. The fourth-order valence-electron chi connectivity index (χ4n) is 4.27. The molecule has 2 aromatic rings. The van der Waals surface area contributed by atoms with Gasteiger partial charge in [-0.2, -0.15) is 0 Å². The third-order valence-electron chi connectivity index (χ3n) is 6.13. The molecule has 1 aromatic carbocycles. The highest BCUT2D eigenvalue weighted by molar-refractivity contribution is 5.86. The summed E-state index contributed by atoms with van der Waals surface area (Å²) >= 11 is 0. The lowest BCUT2D eigenvalue weighted by atomic mass is 10.1. The molecule has 168 valence electrons. The van der Waals surface area contributed by atoms with Crippen LogP contribution in [0.25, 0.3) is 0 Å². The summed E-state index contributed by atoms with van der Waals surface area (Å²) in [5.74, 6) is 1.87. The van der Waals surface area contributed by atoms with E-state index >= 15 is 0 Å². The molecule has 3 rings (SSSR count). The Hall–Kier alpha value is -2.56. The molecule has 2 amide bonds. The van der Waals surface area contributed by atoms with Crippen LogP contribution in [0.4, 0.5) is 0 Å². The Labute approximate surface area is 186 Å². The first-order valence-electron chi connectivity index (χ1n) is 11.7. The second-order valence-corrected chi connectivity index (χ2v) is 8.66.